The zero-order valence-corrected chi connectivity index (χ0v) is 11.3. The number of aliphatic hydroxyl groups is 1. The third-order valence-corrected chi connectivity index (χ3v) is 2.84. The molecule has 0 aliphatic heterocycles. The summed E-state index contributed by atoms with van der Waals surface area (Å²) in [5.74, 6) is 0. The predicted octanol–water partition coefficient (Wildman–Crippen LogP) is 2.48. The molecule has 1 atom stereocenters. The van der Waals surface area contributed by atoms with Gasteiger partial charge in [0.25, 0.3) is 0 Å². The topological polar surface area (TPSA) is 52.6 Å². The summed E-state index contributed by atoms with van der Waals surface area (Å²) in [6, 6.07) is 7.66. The van der Waals surface area contributed by atoms with E-state index in [0.717, 1.165) is 12.1 Å². The molecule has 4 heteroatoms. The third kappa shape index (κ3) is 4.75. The number of nitrogens with one attached hydrogen (secondary N) is 1. The Balaban J connectivity index is 2.47. The lowest BCUT2D eigenvalue weighted by molar-refractivity contribution is 0.167. The number of benzene rings is 1. The maximum absolute atomic E-state index is 11.8. The van der Waals surface area contributed by atoms with Gasteiger partial charge in [-0.25, -0.2) is 4.79 Å². The molecule has 1 aromatic rings. The van der Waals surface area contributed by atoms with Gasteiger partial charge in [-0.3, -0.25) is 0 Å². The Kier molecular flexibility index (Phi) is 5.65. The van der Waals surface area contributed by atoms with Gasteiger partial charge in [0.15, 0.2) is 0 Å². The maximum Gasteiger partial charge on any atom is 0.321 e. The molecule has 1 rings (SSSR count). The van der Waals surface area contributed by atoms with Crippen LogP contribution in [0.1, 0.15) is 25.8 Å². The van der Waals surface area contributed by atoms with Crippen molar-refractivity contribution < 1.29 is 9.90 Å². The van der Waals surface area contributed by atoms with Crippen molar-refractivity contribution in [3.8, 4) is 0 Å². The van der Waals surface area contributed by atoms with Gasteiger partial charge in [-0.2, -0.15) is 0 Å². The summed E-state index contributed by atoms with van der Waals surface area (Å²) in [5.41, 5.74) is 2.04. The monoisotopic (exact) mass is 250 g/mol. The molecule has 1 aromatic carbocycles. The quantitative estimate of drug-likeness (QED) is 0.843. The summed E-state index contributed by atoms with van der Waals surface area (Å²) in [6.45, 7) is 4.35. The molecule has 0 bridgehead atoms. The molecule has 0 aromatic heterocycles. The van der Waals surface area contributed by atoms with Gasteiger partial charge in [0.2, 0.25) is 0 Å². The Labute approximate surface area is 109 Å². The molecule has 0 fully saturated rings. The van der Waals surface area contributed by atoms with Crippen molar-refractivity contribution in [3.05, 3.63) is 29.8 Å². The van der Waals surface area contributed by atoms with E-state index in [1.54, 1.807) is 18.9 Å². The molecule has 0 spiro atoms. The van der Waals surface area contributed by atoms with Gasteiger partial charge in [-0.05, 0) is 37.5 Å². The molecule has 0 saturated heterocycles. The molecule has 2 N–H and O–H groups in total. The fraction of sp³-hybridized carbons (Fsp3) is 0.500. The molecule has 18 heavy (non-hydrogen) atoms. The van der Waals surface area contributed by atoms with Gasteiger partial charge in [0, 0.05) is 19.3 Å². The van der Waals surface area contributed by atoms with Crippen LogP contribution in [0, 0.1) is 0 Å². The molecule has 4 nitrogen and oxygen atoms in total. The number of carbonyl (C=O) groups is 1. The molecular weight excluding hydrogens is 228 g/mol. The van der Waals surface area contributed by atoms with Crippen molar-refractivity contribution >= 4 is 11.7 Å². The van der Waals surface area contributed by atoms with Crippen LogP contribution < -0.4 is 5.32 Å². The van der Waals surface area contributed by atoms with Crippen molar-refractivity contribution in [1.82, 2.24) is 4.90 Å². The molecular formula is C14H22N2O2. The van der Waals surface area contributed by atoms with E-state index in [4.69, 9.17) is 0 Å². The highest BCUT2D eigenvalue weighted by Gasteiger charge is 2.09. The van der Waals surface area contributed by atoms with E-state index in [1.165, 1.54) is 5.56 Å². The second kappa shape index (κ2) is 7.01. The van der Waals surface area contributed by atoms with Crippen molar-refractivity contribution in [3.63, 3.8) is 0 Å². The van der Waals surface area contributed by atoms with Gasteiger partial charge >= 0.3 is 6.03 Å². The number of hydrogen-bond donors (Lipinski definition) is 2. The lowest BCUT2D eigenvalue weighted by Crippen LogP contribution is -2.33. The number of amides is 2. The maximum atomic E-state index is 11.8. The Hall–Kier alpha value is -1.55. The van der Waals surface area contributed by atoms with Crippen molar-refractivity contribution in [2.75, 3.05) is 18.9 Å². The summed E-state index contributed by atoms with van der Waals surface area (Å²) in [4.78, 5) is 13.4. The minimum Gasteiger partial charge on any atom is -0.393 e. The summed E-state index contributed by atoms with van der Waals surface area (Å²) >= 11 is 0. The second-order valence-corrected chi connectivity index (χ2v) is 4.54. The van der Waals surface area contributed by atoms with E-state index in [2.05, 4.69) is 12.2 Å². The smallest absolute Gasteiger partial charge is 0.321 e. The Bertz CT molecular complexity index is 374. The highest BCUT2D eigenvalue weighted by Crippen LogP contribution is 2.10. The number of carbonyl (C=O) groups excluding carboxylic acids is 1. The lowest BCUT2D eigenvalue weighted by atomic mass is 10.1. The SMILES string of the molecule is CCc1ccc(NC(=O)N(C)CCC(C)O)cc1. The molecule has 0 aliphatic rings. The fourth-order valence-electron chi connectivity index (χ4n) is 1.52. The average Bonchev–Trinajstić information content (AvgIpc) is 2.36. The Morgan fingerprint density at radius 2 is 2.00 bits per heavy atom. The second-order valence-electron chi connectivity index (χ2n) is 4.54. The summed E-state index contributed by atoms with van der Waals surface area (Å²) in [7, 11) is 1.72. The molecule has 2 amide bonds. The van der Waals surface area contributed by atoms with Gasteiger partial charge in [0.05, 0.1) is 6.10 Å². The number of urea groups is 1. The van der Waals surface area contributed by atoms with Crippen LogP contribution in [-0.4, -0.2) is 35.7 Å². The van der Waals surface area contributed by atoms with E-state index in [9.17, 15) is 9.90 Å². The van der Waals surface area contributed by atoms with Crippen LogP contribution in [0.5, 0.6) is 0 Å². The molecule has 0 radical (unpaired) electrons. The first-order valence-corrected chi connectivity index (χ1v) is 6.32. The molecule has 100 valence electrons. The molecule has 0 heterocycles. The van der Waals surface area contributed by atoms with Crippen LogP contribution in [0.25, 0.3) is 0 Å². The van der Waals surface area contributed by atoms with Crippen molar-refractivity contribution in [1.29, 1.82) is 0 Å². The lowest BCUT2D eigenvalue weighted by Gasteiger charge is -2.18. The highest BCUT2D eigenvalue weighted by atomic mass is 16.3. The van der Waals surface area contributed by atoms with Crippen LogP contribution >= 0.6 is 0 Å². The van der Waals surface area contributed by atoms with Gasteiger partial charge in [-0.1, -0.05) is 19.1 Å². The normalized spacial score (nSPS) is 12.0. The highest BCUT2D eigenvalue weighted by molar-refractivity contribution is 5.89. The van der Waals surface area contributed by atoms with E-state index in [-0.39, 0.29) is 12.1 Å². The average molecular weight is 250 g/mol. The van der Waals surface area contributed by atoms with E-state index in [0.29, 0.717) is 13.0 Å². The Morgan fingerprint density at radius 3 is 2.50 bits per heavy atom. The van der Waals surface area contributed by atoms with E-state index in [1.807, 2.05) is 24.3 Å². The first-order valence-electron chi connectivity index (χ1n) is 6.32. The van der Waals surface area contributed by atoms with Crippen LogP contribution in [0.3, 0.4) is 0 Å². The van der Waals surface area contributed by atoms with E-state index < -0.39 is 0 Å². The number of aliphatic hydroxyl groups excluding tert-OH is 1. The standard InChI is InChI=1S/C14H22N2O2/c1-4-12-5-7-13(8-6-12)15-14(18)16(3)10-9-11(2)17/h5-8,11,17H,4,9-10H2,1-3H3,(H,15,18). The number of nitrogens with zero attached hydrogens (tertiary/aromatic N) is 1. The van der Waals surface area contributed by atoms with Gasteiger partial charge in [0.1, 0.15) is 0 Å². The predicted molar refractivity (Wildman–Crippen MR) is 73.8 cm³/mol. The number of rotatable bonds is 5. The van der Waals surface area contributed by atoms with Gasteiger partial charge < -0.3 is 15.3 Å². The third-order valence-electron chi connectivity index (χ3n) is 2.84. The molecule has 0 aliphatic carbocycles. The van der Waals surface area contributed by atoms with E-state index >= 15 is 0 Å². The first-order chi connectivity index (χ1) is 8.52. The van der Waals surface area contributed by atoms with Crippen LogP contribution in [0.4, 0.5) is 10.5 Å². The van der Waals surface area contributed by atoms with Crippen LogP contribution in [0.2, 0.25) is 0 Å². The molecule has 1 unspecified atom stereocenters. The fourth-order valence-corrected chi connectivity index (χ4v) is 1.52. The van der Waals surface area contributed by atoms with Crippen LogP contribution in [0.15, 0.2) is 24.3 Å². The summed E-state index contributed by atoms with van der Waals surface area (Å²) < 4.78 is 0. The van der Waals surface area contributed by atoms with Crippen molar-refractivity contribution in [2.24, 2.45) is 0 Å². The van der Waals surface area contributed by atoms with Crippen molar-refractivity contribution in [2.45, 2.75) is 32.8 Å². The first kappa shape index (κ1) is 14.5. The minimum atomic E-state index is -0.385. The zero-order valence-electron chi connectivity index (χ0n) is 11.3. The number of aryl methyl sites for hydroxylation is 1. The number of anilines is 1. The van der Waals surface area contributed by atoms with Gasteiger partial charge in [-0.15, -0.1) is 0 Å². The summed E-state index contributed by atoms with van der Waals surface area (Å²) in [6.07, 6.45) is 1.19. The van der Waals surface area contributed by atoms with Crippen LogP contribution in [-0.2, 0) is 6.42 Å². The molecule has 0 saturated carbocycles. The zero-order chi connectivity index (χ0) is 13.5. The largest absolute Gasteiger partial charge is 0.393 e. The Morgan fingerprint density at radius 1 is 1.39 bits per heavy atom. The summed E-state index contributed by atoms with van der Waals surface area (Å²) in [5, 5.41) is 12.0. The minimum absolute atomic E-state index is 0.153. The number of hydrogen-bond acceptors (Lipinski definition) is 2.